The second-order valence-corrected chi connectivity index (χ2v) is 0.447. The highest BCUT2D eigenvalue weighted by Crippen LogP contribution is 1.24. The molecule has 0 heterocycles. The first-order chi connectivity index (χ1) is 3.63. The standard InChI is InChI=1S/C2H8N2/c3-1-2-4/h1-4H2/i/hD4. The van der Waals surface area contributed by atoms with Crippen LogP contribution >= 0.6 is 0 Å². The molecular weight excluding hydrogens is 52.0 g/mol. The molecule has 0 spiro atoms. The van der Waals surface area contributed by atoms with Gasteiger partial charge in [0, 0.05) is 13.1 Å². The van der Waals surface area contributed by atoms with Crippen LogP contribution in [0, 0.1) is 0 Å². The lowest BCUT2D eigenvalue weighted by molar-refractivity contribution is 0.976. The van der Waals surface area contributed by atoms with Crippen LogP contribution in [0.1, 0.15) is 0 Å². The number of rotatable bonds is 3. The number of hydrogen-bond acceptors (Lipinski definition) is 2. The molecule has 0 atom stereocenters. The topological polar surface area (TPSA) is 52.0 Å². The van der Waals surface area contributed by atoms with Gasteiger partial charge in [-0.15, -0.1) is 0 Å². The zero-order chi connectivity index (χ0) is 6.57. The number of nitrogens with two attached hydrogens (primary N) is 2. The molecule has 4 N–H and O–H groups in total. The van der Waals surface area contributed by atoms with Crippen molar-refractivity contribution in [2.24, 2.45) is 11.4 Å². The Bertz CT molecular complexity index is 48.0. The zero-order valence-electron chi connectivity index (χ0n) is 6.31. The molecule has 0 aliphatic heterocycles. The van der Waals surface area contributed by atoms with E-state index in [1.807, 2.05) is 0 Å². The van der Waals surface area contributed by atoms with Gasteiger partial charge in [0.15, 0.2) is 0 Å². The van der Waals surface area contributed by atoms with Crippen molar-refractivity contribution in [2.75, 3.05) is 13.1 Å². The molecule has 0 aliphatic carbocycles. The van der Waals surface area contributed by atoms with Crippen LogP contribution in [0.5, 0.6) is 0 Å². The van der Waals surface area contributed by atoms with Gasteiger partial charge in [0.25, 0.3) is 0 Å². The van der Waals surface area contributed by atoms with Crippen LogP contribution in [0.15, 0.2) is 0 Å². The monoisotopic (exact) mass is 64.1 g/mol. The third-order valence-electron chi connectivity index (χ3n) is 0.1000. The SMILES string of the molecule is [2H]N([2H])CCN([2H])[2H]. The highest BCUT2D eigenvalue weighted by atomic mass is 14.6. The Balaban J connectivity index is 2.93. The van der Waals surface area contributed by atoms with Crippen LogP contribution in [0.4, 0.5) is 0 Å². The fraction of sp³-hybridized carbons (Fsp3) is 1.00. The van der Waals surface area contributed by atoms with Crippen molar-refractivity contribution >= 4 is 0 Å². The van der Waals surface area contributed by atoms with E-state index in [1.54, 1.807) is 0 Å². The maximum Gasteiger partial charge on any atom is 0.118 e. The first-order valence-electron chi connectivity index (χ1n) is 2.92. The molecule has 0 aromatic carbocycles. The van der Waals surface area contributed by atoms with Crippen molar-refractivity contribution in [3.63, 3.8) is 0 Å². The van der Waals surface area contributed by atoms with Crippen molar-refractivity contribution in [2.45, 2.75) is 0 Å². The van der Waals surface area contributed by atoms with Gasteiger partial charge in [-0.05, 0) is 0 Å². The molecular formula is C2H8N2. The molecule has 0 bridgehead atoms. The molecule has 26 valence electrons. The van der Waals surface area contributed by atoms with Gasteiger partial charge in [0.2, 0.25) is 0 Å². The Morgan fingerprint density at radius 2 is 2.00 bits per heavy atom. The normalized spacial score (nSPS) is 23.5. The van der Waals surface area contributed by atoms with Crippen LogP contribution in [0.3, 0.4) is 0 Å². The number of hydrogen-bond donors (Lipinski definition) is 2. The van der Waals surface area contributed by atoms with E-state index in [2.05, 4.69) is 0 Å². The van der Waals surface area contributed by atoms with Crippen molar-refractivity contribution in [3.05, 3.63) is 0 Å². The minimum absolute atomic E-state index is 0.104. The van der Waals surface area contributed by atoms with Crippen LogP contribution in [0.25, 0.3) is 0 Å². The summed E-state index contributed by atoms with van der Waals surface area (Å²) >= 11 is 0. The Labute approximate surface area is 31.6 Å². The van der Waals surface area contributed by atoms with Crippen molar-refractivity contribution in [1.82, 2.24) is 0 Å². The molecule has 0 aromatic rings. The van der Waals surface area contributed by atoms with Crippen molar-refractivity contribution in [3.8, 4) is 0 Å². The largest absolute Gasteiger partial charge is 0.329 e. The summed E-state index contributed by atoms with van der Waals surface area (Å²) in [7, 11) is 0. The van der Waals surface area contributed by atoms with E-state index < -0.39 is 0 Å². The molecule has 2 nitrogen and oxygen atoms in total. The van der Waals surface area contributed by atoms with Gasteiger partial charge in [-0.25, -0.2) is 0 Å². The summed E-state index contributed by atoms with van der Waals surface area (Å²) in [4.78, 5) is 0. The Kier molecular flexibility index (Phi) is 0.510. The maximum atomic E-state index is 6.48. The molecule has 4 heavy (non-hydrogen) atoms. The first-order valence-corrected chi connectivity index (χ1v) is 1.13. The summed E-state index contributed by atoms with van der Waals surface area (Å²) in [6.45, 7) is 0.208. The predicted molar refractivity (Wildman–Crippen MR) is 18.1 cm³/mol. The van der Waals surface area contributed by atoms with Crippen LogP contribution in [0.2, 0.25) is 5.65 Å². The van der Waals surface area contributed by atoms with E-state index in [9.17, 15) is 0 Å². The second-order valence-electron chi connectivity index (χ2n) is 0.447. The summed E-state index contributed by atoms with van der Waals surface area (Å²) in [6.07, 6.45) is 0. The third-order valence-corrected chi connectivity index (χ3v) is 0.1000. The van der Waals surface area contributed by atoms with E-state index in [-0.39, 0.29) is 13.1 Å². The lowest BCUT2D eigenvalue weighted by Gasteiger charge is -1.72. The minimum Gasteiger partial charge on any atom is -0.329 e. The van der Waals surface area contributed by atoms with Gasteiger partial charge in [-0.2, -0.15) is 0 Å². The van der Waals surface area contributed by atoms with Gasteiger partial charge in [0.1, 0.15) is 5.65 Å². The Morgan fingerprint density at radius 3 is 2.25 bits per heavy atom. The Hall–Kier alpha value is -0.0800. The second kappa shape index (κ2) is 2.92. The van der Waals surface area contributed by atoms with E-state index in [0.29, 0.717) is 11.4 Å². The summed E-state index contributed by atoms with van der Waals surface area (Å²) in [5.74, 6) is 0. The van der Waals surface area contributed by atoms with E-state index >= 15 is 0 Å². The van der Waals surface area contributed by atoms with E-state index in [4.69, 9.17) is 5.65 Å². The first kappa shape index (κ1) is 0.698. The van der Waals surface area contributed by atoms with Gasteiger partial charge in [0.05, 0.1) is 0 Å². The molecule has 0 radical (unpaired) electrons. The molecule has 0 aliphatic rings. The lowest BCUT2D eigenvalue weighted by atomic mass is 10.7. The Morgan fingerprint density at radius 1 is 1.50 bits per heavy atom. The van der Waals surface area contributed by atoms with Gasteiger partial charge < -0.3 is 11.4 Å². The lowest BCUT2D eigenvalue weighted by Crippen LogP contribution is -2.11. The molecule has 0 unspecified atom stereocenters. The molecule has 2 heteroatoms. The molecule has 0 rings (SSSR count). The van der Waals surface area contributed by atoms with Crippen LogP contribution in [-0.2, 0) is 0 Å². The summed E-state index contributed by atoms with van der Waals surface area (Å²) in [6, 6.07) is 0. The fourth-order valence-electron chi connectivity index (χ4n) is 0. The summed E-state index contributed by atoms with van der Waals surface area (Å²) in [5.41, 5.74) is 0.881. The zero-order valence-corrected chi connectivity index (χ0v) is 2.31. The van der Waals surface area contributed by atoms with Crippen molar-refractivity contribution < 1.29 is 5.65 Å². The summed E-state index contributed by atoms with van der Waals surface area (Å²) < 4.78 is 25.9. The average molecular weight is 64.1 g/mol. The molecule has 0 aromatic heterocycles. The van der Waals surface area contributed by atoms with Crippen LogP contribution < -0.4 is 11.4 Å². The van der Waals surface area contributed by atoms with E-state index in [1.165, 1.54) is 0 Å². The van der Waals surface area contributed by atoms with Gasteiger partial charge >= 0.3 is 0 Å². The molecule has 0 fully saturated rings. The molecule has 0 saturated carbocycles. The maximum absolute atomic E-state index is 6.48. The minimum atomic E-state index is 0.104. The van der Waals surface area contributed by atoms with Gasteiger partial charge in [-0.3, -0.25) is 0 Å². The third kappa shape index (κ3) is 1.92. The average Bonchev–Trinajstić information content (AvgIpc) is 1.61. The molecule has 0 amide bonds. The quantitative estimate of drug-likeness (QED) is 0.438. The molecule has 0 saturated heterocycles. The smallest absolute Gasteiger partial charge is 0.118 e. The summed E-state index contributed by atoms with van der Waals surface area (Å²) in [5, 5.41) is 0. The predicted octanol–water partition coefficient (Wildman–Crippen LogP) is -1.10. The van der Waals surface area contributed by atoms with Gasteiger partial charge in [-0.1, -0.05) is 0 Å². The van der Waals surface area contributed by atoms with E-state index in [0.717, 1.165) is 0 Å². The highest BCUT2D eigenvalue weighted by molar-refractivity contribution is 4.26. The highest BCUT2D eigenvalue weighted by Gasteiger charge is 1.54. The fourth-order valence-corrected chi connectivity index (χ4v) is 0. The van der Waals surface area contributed by atoms with Crippen LogP contribution in [-0.4, -0.2) is 13.1 Å². The van der Waals surface area contributed by atoms with Crippen molar-refractivity contribution in [1.29, 1.82) is 0 Å².